The van der Waals surface area contributed by atoms with Crippen molar-refractivity contribution in [2.75, 3.05) is 20.2 Å². The molecule has 0 N–H and O–H groups in total. The standard InChI is InChI=1S/C16H21N3O4S/c1-16(15-17-14(11-22-2)23-18-15)9-6-10-19(12-16)24(20,21)13-7-4-3-5-8-13/h3-5,7-8H,6,9-12H2,1-2H3. The molecule has 1 aliphatic rings. The summed E-state index contributed by atoms with van der Waals surface area (Å²) >= 11 is 0. The zero-order chi connectivity index (χ0) is 17.2. The van der Waals surface area contributed by atoms with Gasteiger partial charge in [0, 0.05) is 25.6 Å². The van der Waals surface area contributed by atoms with Crippen LogP contribution in [-0.4, -0.2) is 43.1 Å². The highest BCUT2D eigenvalue weighted by atomic mass is 32.2. The summed E-state index contributed by atoms with van der Waals surface area (Å²) in [5.74, 6) is 0.930. The zero-order valence-corrected chi connectivity index (χ0v) is 14.6. The molecule has 2 heterocycles. The van der Waals surface area contributed by atoms with Gasteiger partial charge in [-0.05, 0) is 25.0 Å². The Balaban J connectivity index is 1.85. The van der Waals surface area contributed by atoms with Gasteiger partial charge >= 0.3 is 0 Å². The summed E-state index contributed by atoms with van der Waals surface area (Å²) in [5, 5.41) is 4.03. The van der Waals surface area contributed by atoms with Crippen LogP contribution in [0.15, 0.2) is 39.8 Å². The smallest absolute Gasteiger partial charge is 0.252 e. The van der Waals surface area contributed by atoms with E-state index in [0.717, 1.165) is 12.8 Å². The third kappa shape index (κ3) is 3.22. The van der Waals surface area contributed by atoms with E-state index < -0.39 is 15.4 Å². The lowest BCUT2D eigenvalue weighted by atomic mass is 9.82. The Labute approximate surface area is 141 Å². The van der Waals surface area contributed by atoms with E-state index in [2.05, 4.69) is 10.1 Å². The maximum Gasteiger partial charge on any atom is 0.252 e. The summed E-state index contributed by atoms with van der Waals surface area (Å²) in [5.41, 5.74) is -0.477. The van der Waals surface area contributed by atoms with Crippen LogP contribution < -0.4 is 0 Å². The third-order valence-electron chi connectivity index (χ3n) is 4.32. The highest BCUT2D eigenvalue weighted by Crippen LogP contribution is 2.34. The molecule has 1 saturated heterocycles. The Morgan fingerprint density at radius 1 is 1.33 bits per heavy atom. The highest BCUT2D eigenvalue weighted by Gasteiger charge is 2.41. The minimum Gasteiger partial charge on any atom is -0.375 e. The molecule has 130 valence electrons. The molecule has 1 aliphatic heterocycles. The van der Waals surface area contributed by atoms with Crippen LogP contribution in [0.25, 0.3) is 0 Å². The second-order valence-electron chi connectivity index (χ2n) is 6.26. The van der Waals surface area contributed by atoms with Crippen LogP contribution in [0.5, 0.6) is 0 Å². The van der Waals surface area contributed by atoms with Gasteiger partial charge in [-0.15, -0.1) is 0 Å². The second kappa shape index (κ2) is 6.62. The molecule has 1 aromatic carbocycles. The largest absolute Gasteiger partial charge is 0.375 e. The van der Waals surface area contributed by atoms with Crippen molar-refractivity contribution in [1.82, 2.24) is 14.4 Å². The van der Waals surface area contributed by atoms with E-state index >= 15 is 0 Å². The summed E-state index contributed by atoms with van der Waals surface area (Å²) in [7, 11) is -1.97. The summed E-state index contributed by atoms with van der Waals surface area (Å²) in [6.07, 6.45) is 1.55. The lowest BCUT2D eigenvalue weighted by Crippen LogP contribution is -2.47. The van der Waals surface area contributed by atoms with Gasteiger partial charge in [0.25, 0.3) is 5.89 Å². The Bertz CT molecular complexity index is 791. The van der Waals surface area contributed by atoms with Crippen molar-refractivity contribution in [2.45, 2.75) is 36.7 Å². The van der Waals surface area contributed by atoms with Crippen molar-refractivity contribution in [3.8, 4) is 0 Å². The molecule has 0 aliphatic carbocycles. The molecule has 8 heteroatoms. The Kier molecular flexibility index (Phi) is 4.71. The average Bonchev–Trinajstić information content (AvgIpc) is 3.06. The lowest BCUT2D eigenvalue weighted by molar-refractivity contribution is 0.151. The molecule has 0 saturated carbocycles. The van der Waals surface area contributed by atoms with Crippen LogP contribution in [0.3, 0.4) is 0 Å². The van der Waals surface area contributed by atoms with Gasteiger partial charge in [-0.2, -0.15) is 9.29 Å². The maximum atomic E-state index is 12.9. The average molecular weight is 351 g/mol. The first kappa shape index (κ1) is 17.1. The SMILES string of the molecule is COCc1nc(C2(C)CCCN(S(=O)(=O)c3ccccc3)C2)no1. The first-order valence-electron chi connectivity index (χ1n) is 7.83. The molecule has 0 spiro atoms. The number of aromatic nitrogens is 2. The minimum absolute atomic E-state index is 0.245. The number of methoxy groups -OCH3 is 1. The maximum absolute atomic E-state index is 12.9. The van der Waals surface area contributed by atoms with Crippen LogP contribution >= 0.6 is 0 Å². The van der Waals surface area contributed by atoms with Crippen molar-refractivity contribution >= 4 is 10.0 Å². The fraction of sp³-hybridized carbons (Fsp3) is 0.500. The van der Waals surface area contributed by atoms with Crippen molar-refractivity contribution in [1.29, 1.82) is 0 Å². The van der Waals surface area contributed by atoms with Gasteiger partial charge in [-0.25, -0.2) is 8.42 Å². The first-order valence-corrected chi connectivity index (χ1v) is 9.27. The Morgan fingerprint density at radius 2 is 2.08 bits per heavy atom. The van der Waals surface area contributed by atoms with Crippen LogP contribution in [0.2, 0.25) is 0 Å². The number of sulfonamides is 1. The summed E-state index contributed by atoms with van der Waals surface area (Å²) in [6.45, 7) is 3.04. The number of piperidine rings is 1. The van der Waals surface area contributed by atoms with E-state index in [1.165, 1.54) is 4.31 Å². The van der Waals surface area contributed by atoms with Crippen LogP contribution in [0.4, 0.5) is 0 Å². The summed E-state index contributed by atoms with van der Waals surface area (Å²) in [4.78, 5) is 4.67. The predicted octanol–water partition coefficient (Wildman–Crippen LogP) is 1.96. The molecule has 1 aromatic heterocycles. The van der Waals surface area contributed by atoms with E-state index in [9.17, 15) is 8.42 Å². The number of nitrogens with zero attached hydrogens (tertiary/aromatic N) is 3. The fourth-order valence-corrected chi connectivity index (χ4v) is 4.63. The van der Waals surface area contributed by atoms with Gasteiger partial charge < -0.3 is 9.26 Å². The van der Waals surface area contributed by atoms with Crippen molar-refractivity contribution in [3.05, 3.63) is 42.0 Å². The number of ether oxygens (including phenoxy) is 1. The number of hydrogen-bond acceptors (Lipinski definition) is 6. The van der Waals surface area contributed by atoms with Crippen molar-refractivity contribution in [2.24, 2.45) is 0 Å². The first-order chi connectivity index (χ1) is 11.5. The minimum atomic E-state index is -3.52. The molecule has 1 unspecified atom stereocenters. The zero-order valence-electron chi connectivity index (χ0n) is 13.8. The number of rotatable bonds is 5. The normalized spacial score (nSPS) is 22.6. The van der Waals surface area contributed by atoms with E-state index in [0.29, 0.717) is 29.7 Å². The van der Waals surface area contributed by atoms with Gasteiger partial charge in [0.05, 0.1) is 4.90 Å². The third-order valence-corrected chi connectivity index (χ3v) is 6.18. The van der Waals surface area contributed by atoms with Gasteiger partial charge in [0.15, 0.2) is 5.82 Å². The molecular weight excluding hydrogens is 330 g/mol. The van der Waals surface area contributed by atoms with Gasteiger partial charge in [0.2, 0.25) is 10.0 Å². The number of hydrogen-bond donors (Lipinski definition) is 0. The van der Waals surface area contributed by atoms with Crippen molar-refractivity contribution in [3.63, 3.8) is 0 Å². The molecule has 3 rings (SSSR count). The summed E-state index contributed by atoms with van der Waals surface area (Å²) in [6, 6.07) is 8.49. The molecule has 0 bridgehead atoms. The lowest BCUT2D eigenvalue weighted by Gasteiger charge is -2.37. The van der Waals surface area contributed by atoms with Crippen LogP contribution in [-0.2, 0) is 26.8 Å². The molecule has 1 fully saturated rings. The quantitative estimate of drug-likeness (QED) is 0.818. The summed E-state index contributed by atoms with van der Waals surface area (Å²) < 4.78 is 37.4. The van der Waals surface area contributed by atoms with Crippen LogP contribution in [0.1, 0.15) is 31.5 Å². The van der Waals surface area contributed by atoms with Gasteiger partial charge in [-0.1, -0.05) is 30.3 Å². The molecule has 1 atom stereocenters. The Hall–Kier alpha value is -1.77. The second-order valence-corrected chi connectivity index (χ2v) is 8.20. The molecule has 0 amide bonds. The molecule has 2 aromatic rings. The van der Waals surface area contributed by atoms with Gasteiger partial charge in [0.1, 0.15) is 6.61 Å². The monoisotopic (exact) mass is 351 g/mol. The van der Waals surface area contributed by atoms with E-state index in [-0.39, 0.29) is 6.61 Å². The van der Waals surface area contributed by atoms with Crippen molar-refractivity contribution < 1.29 is 17.7 Å². The van der Waals surface area contributed by atoms with Gasteiger partial charge in [-0.3, -0.25) is 0 Å². The predicted molar refractivity (Wildman–Crippen MR) is 86.8 cm³/mol. The van der Waals surface area contributed by atoms with Crippen LogP contribution in [0, 0.1) is 0 Å². The molecule has 7 nitrogen and oxygen atoms in total. The molecule has 24 heavy (non-hydrogen) atoms. The highest BCUT2D eigenvalue weighted by molar-refractivity contribution is 7.89. The molecule has 0 radical (unpaired) electrons. The number of benzene rings is 1. The van der Waals surface area contributed by atoms with E-state index in [1.807, 2.05) is 6.92 Å². The molecular formula is C16H21N3O4S. The van der Waals surface area contributed by atoms with E-state index in [4.69, 9.17) is 9.26 Å². The Morgan fingerprint density at radius 3 is 2.79 bits per heavy atom. The van der Waals surface area contributed by atoms with E-state index in [1.54, 1.807) is 37.4 Å². The fourth-order valence-electron chi connectivity index (χ4n) is 3.00. The topological polar surface area (TPSA) is 85.5 Å².